The highest BCUT2D eigenvalue weighted by molar-refractivity contribution is 6.01. The van der Waals surface area contributed by atoms with E-state index in [4.69, 9.17) is 5.11 Å². The molecule has 0 saturated carbocycles. The SMILES string of the molecule is CNCc1ccc2c(c1)CC(=O)N2CCC(=O)O. The minimum atomic E-state index is -0.886. The molecule has 5 heteroatoms. The maximum atomic E-state index is 11.8. The lowest BCUT2D eigenvalue weighted by Gasteiger charge is -2.16. The van der Waals surface area contributed by atoms with Crippen LogP contribution in [-0.4, -0.2) is 30.6 Å². The molecule has 0 atom stereocenters. The molecule has 2 N–H and O–H groups in total. The van der Waals surface area contributed by atoms with Crippen LogP contribution in [0, 0.1) is 0 Å². The fraction of sp³-hybridized carbons (Fsp3) is 0.385. The Bertz CT molecular complexity index is 485. The molecular weight excluding hydrogens is 232 g/mol. The highest BCUT2D eigenvalue weighted by Crippen LogP contribution is 2.29. The number of carboxylic acid groups (broad SMARTS) is 1. The molecule has 2 rings (SSSR count). The van der Waals surface area contributed by atoms with Gasteiger partial charge in [0.1, 0.15) is 0 Å². The summed E-state index contributed by atoms with van der Waals surface area (Å²) in [6, 6.07) is 5.86. The van der Waals surface area contributed by atoms with Gasteiger partial charge in [0, 0.05) is 18.8 Å². The average Bonchev–Trinajstić information content (AvgIpc) is 2.62. The first-order valence-electron chi connectivity index (χ1n) is 5.90. The molecule has 18 heavy (non-hydrogen) atoms. The lowest BCUT2D eigenvalue weighted by molar-refractivity contribution is -0.136. The molecule has 0 aromatic heterocycles. The van der Waals surface area contributed by atoms with Gasteiger partial charge in [-0.05, 0) is 24.2 Å². The normalized spacial score (nSPS) is 13.8. The number of aliphatic carboxylic acids is 1. The quantitative estimate of drug-likeness (QED) is 0.807. The maximum absolute atomic E-state index is 11.8. The summed E-state index contributed by atoms with van der Waals surface area (Å²) >= 11 is 0. The number of amides is 1. The van der Waals surface area contributed by atoms with Crippen LogP contribution in [0.25, 0.3) is 0 Å². The van der Waals surface area contributed by atoms with E-state index in [2.05, 4.69) is 5.32 Å². The molecule has 0 bridgehead atoms. The fourth-order valence-electron chi connectivity index (χ4n) is 2.20. The summed E-state index contributed by atoms with van der Waals surface area (Å²) in [5.41, 5.74) is 2.96. The summed E-state index contributed by atoms with van der Waals surface area (Å²) in [5, 5.41) is 11.7. The van der Waals surface area contributed by atoms with Crippen molar-refractivity contribution in [2.24, 2.45) is 0 Å². The van der Waals surface area contributed by atoms with Gasteiger partial charge in [0.15, 0.2) is 0 Å². The Morgan fingerprint density at radius 3 is 2.94 bits per heavy atom. The van der Waals surface area contributed by atoms with Crippen molar-refractivity contribution >= 4 is 17.6 Å². The number of nitrogens with zero attached hydrogens (tertiary/aromatic N) is 1. The molecule has 0 unspecified atom stereocenters. The number of hydrogen-bond donors (Lipinski definition) is 2. The van der Waals surface area contributed by atoms with Gasteiger partial charge in [-0.1, -0.05) is 12.1 Å². The van der Waals surface area contributed by atoms with E-state index in [1.807, 2.05) is 25.2 Å². The summed E-state index contributed by atoms with van der Waals surface area (Å²) < 4.78 is 0. The average molecular weight is 248 g/mol. The van der Waals surface area contributed by atoms with Crippen molar-refractivity contribution in [1.82, 2.24) is 5.32 Å². The first-order chi connectivity index (χ1) is 8.61. The van der Waals surface area contributed by atoms with E-state index in [1.165, 1.54) is 0 Å². The van der Waals surface area contributed by atoms with Crippen molar-refractivity contribution in [2.75, 3.05) is 18.5 Å². The number of hydrogen-bond acceptors (Lipinski definition) is 3. The summed E-state index contributed by atoms with van der Waals surface area (Å²) in [5.74, 6) is -0.907. The molecule has 0 spiro atoms. The van der Waals surface area contributed by atoms with Crippen molar-refractivity contribution in [3.05, 3.63) is 29.3 Å². The Hall–Kier alpha value is -1.88. The van der Waals surface area contributed by atoms with Crippen LogP contribution >= 0.6 is 0 Å². The van der Waals surface area contributed by atoms with Gasteiger partial charge in [-0.15, -0.1) is 0 Å². The van der Waals surface area contributed by atoms with E-state index in [0.29, 0.717) is 6.42 Å². The Kier molecular flexibility index (Phi) is 3.62. The number of benzene rings is 1. The van der Waals surface area contributed by atoms with Gasteiger partial charge in [-0.3, -0.25) is 9.59 Å². The fourth-order valence-corrected chi connectivity index (χ4v) is 2.20. The summed E-state index contributed by atoms with van der Waals surface area (Å²) in [6.45, 7) is 1.00. The van der Waals surface area contributed by atoms with Crippen molar-refractivity contribution in [1.29, 1.82) is 0 Å². The molecule has 0 aliphatic carbocycles. The van der Waals surface area contributed by atoms with Gasteiger partial charge in [0.25, 0.3) is 0 Å². The zero-order valence-electron chi connectivity index (χ0n) is 10.3. The van der Waals surface area contributed by atoms with Gasteiger partial charge in [0.05, 0.1) is 12.8 Å². The van der Waals surface area contributed by atoms with Crippen LogP contribution in [0.5, 0.6) is 0 Å². The summed E-state index contributed by atoms with van der Waals surface area (Å²) in [7, 11) is 1.87. The Morgan fingerprint density at radius 1 is 1.50 bits per heavy atom. The molecular formula is C13H16N2O3. The second-order valence-corrected chi connectivity index (χ2v) is 4.36. The van der Waals surface area contributed by atoms with Crippen LogP contribution in [0.1, 0.15) is 17.5 Å². The van der Waals surface area contributed by atoms with Gasteiger partial charge >= 0.3 is 5.97 Å². The van der Waals surface area contributed by atoms with Crippen LogP contribution in [0.15, 0.2) is 18.2 Å². The summed E-state index contributed by atoms with van der Waals surface area (Å²) in [4.78, 5) is 24.0. The topological polar surface area (TPSA) is 69.6 Å². The van der Waals surface area contributed by atoms with E-state index in [9.17, 15) is 9.59 Å². The van der Waals surface area contributed by atoms with E-state index in [-0.39, 0.29) is 18.9 Å². The minimum absolute atomic E-state index is 0.0205. The maximum Gasteiger partial charge on any atom is 0.305 e. The third kappa shape index (κ3) is 2.51. The lowest BCUT2D eigenvalue weighted by atomic mass is 10.1. The number of carbonyl (C=O) groups excluding carboxylic acids is 1. The lowest BCUT2D eigenvalue weighted by Crippen LogP contribution is -2.29. The number of carboxylic acids is 1. The van der Waals surface area contributed by atoms with Crippen molar-refractivity contribution in [2.45, 2.75) is 19.4 Å². The molecule has 1 amide bonds. The van der Waals surface area contributed by atoms with Gasteiger partial charge in [-0.2, -0.15) is 0 Å². The second kappa shape index (κ2) is 5.18. The van der Waals surface area contributed by atoms with E-state index >= 15 is 0 Å². The largest absolute Gasteiger partial charge is 0.481 e. The molecule has 0 fully saturated rings. The number of rotatable bonds is 5. The molecule has 1 heterocycles. The molecule has 0 saturated heterocycles. The van der Waals surface area contributed by atoms with Crippen LogP contribution in [-0.2, 0) is 22.6 Å². The molecule has 1 aliphatic rings. The molecule has 1 aromatic rings. The number of carbonyl (C=O) groups is 2. The highest BCUT2D eigenvalue weighted by Gasteiger charge is 2.27. The van der Waals surface area contributed by atoms with E-state index in [0.717, 1.165) is 23.4 Å². The predicted octanol–water partition coefficient (Wildman–Crippen LogP) is 0.770. The molecule has 0 radical (unpaired) electrons. The van der Waals surface area contributed by atoms with Crippen LogP contribution in [0.2, 0.25) is 0 Å². The first-order valence-corrected chi connectivity index (χ1v) is 5.90. The van der Waals surface area contributed by atoms with Crippen molar-refractivity contribution < 1.29 is 14.7 Å². The molecule has 1 aromatic carbocycles. The molecule has 96 valence electrons. The van der Waals surface area contributed by atoms with Gasteiger partial charge in [0.2, 0.25) is 5.91 Å². The van der Waals surface area contributed by atoms with Crippen LogP contribution < -0.4 is 10.2 Å². The monoisotopic (exact) mass is 248 g/mol. The Morgan fingerprint density at radius 2 is 2.28 bits per heavy atom. The van der Waals surface area contributed by atoms with E-state index in [1.54, 1.807) is 4.90 Å². The number of fused-ring (bicyclic) bond motifs is 1. The zero-order chi connectivity index (χ0) is 13.1. The molecule has 5 nitrogen and oxygen atoms in total. The first kappa shape index (κ1) is 12.6. The number of anilines is 1. The van der Waals surface area contributed by atoms with Crippen molar-refractivity contribution in [3.63, 3.8) is 0 Å². The smallest absolute Gasteiger partial charge is 0.305 e. The Balaban J connectivity index is 2.18. The van der Waals surface area contributed by atoms with Gasteiger partial charge < -0.3 is 15.3 Å². The number of nitrogens with one attached hydrogen (secondary N) is 1. The third-order valence-corrected chi connectivity index (χ3v) is 3.01. The molecule has 1 aliphatic heterocycles. The highest BCUT2D eigenvalue weighted by atomic mass is 16.4. The summed E-state index contributed by atoms with van der Waals surface area (Å²) in [6.07, 6.45) is 0.343. The van der Waals surface area contributed by atoms with Crippen LogP contribution in [0.4, 0.5) is 5.69 Å². The zero-order valence-corrected chi connectivity index (χ0v) is 10.3. The second-order valence-electron chi connectivity index (χ2n) is 4.36. The Labute approximate surface area is 105 Å². The third-order valence-electron chi connectivity index (χ3n) is 3.01. The van der Waals surface area contributed by atoms with E-state index < -0.39 is 5.97 Å². The minimum Gasteiger partial charge on any atom is -0.481 e. The standard InChI is InChI=1S/C13H16N2O3/c1-14-8-9-2-3-11-10(6-9)7-12(16)15(11)5-4-13(17)18/h2-3,6,14H,4-5,7-8H2,1H3,(H,17,18). The van der Waals surface area contributed by atoms with Gasteiger partial charge in [-0.25, -0.2) is 0 Å². The van der Waals surface area contributed by atoms with Crippen LogP contribution in [0.3, 0.4) is 0 Å². The predicted molar refractivity (Wildman–Crippen MR) is 67.5 cm³/mol. The van der Waals surface area contributed by atoms with Crippen molar-refractivity contribution in [3.8, 4) is 0 Å².